The van der Waals surface area contributed by atoms with Gasteiger partial charge in [-0.2, -0.15) is 0 Å². The zero-order valence-electron chi connectivity index (χ0n) is 11.1. The summed E-state index contributed by atoms with van der Waals surface area (Å²) in [5, 5.41) is 0. The van der Waals surface area contributed by atoms with Gasteiger partial charge in [-0.15, -0.1) is 0 Å². The average molecular weight is 222 g/mol. The van der Waals surface area contributed by atoms with Crippen LogP contribution in [0.1, 0.15) is 50.9 Å². The number of hydrogen-bond acceptors (Lipinski definition) is 4. The summed E-state index contributed by atoms with van der Waals surface area (Å²) in [4.78, 5) is 10.9. The Morgan fingerprint density at radius 1 is 0.938 bits per heavy atom. The Bertz CT molecular complexity index is 340. The fourth-order valence-electron chi connectivity index (χ4n) is 1.57. The second kappa shape index (κ2) is 4.68. The molecule has 0 saturated carbocycles. The zero-order valence-corrected chi connectivity index (χ0v) is 11.1. The summed E-state index contributed by atoms with van der Waals surface area (Å²) in [6.45, 7) is 8.40. The minimum atomic E-state index is 0.319. The first-order chi connectivity index (χ1) is 7.34. The van der Waals surface area contributed by atoms with Crippen LogP contribution in [0.25, 0.3) is 0 Å². The standard InChI is InChI=1S/C12H22N4/c1-7(2)10-9(13)11(8(3)4)15-12(14-10)16(5)6/h7-8H,13H2,1-6H3. The van der Waals surface area contributed by atoms with E-state index in [1.54, 1.807) is 0 Å². The van der Waals surface area contributed by atoms with Crippen LogP contribution >= 0.6 is 0 Å². The van der Waals surface area contributed by atoms with E-state index >= 15 is 0 Å². The summed E-state index contributed by atoms with van der Waals surface area (Å²) >= 11 is 0. The normalized spacial score (nSPS) is 11.2. The summed E-state index contributed by atoms with van der Waals surface area (Å²) in [6.07, 6.45) is 0. The molecule has 0 aliphatic heterocycles. The molecule has 1 aromatic heterocycles. The molecule has 0 unspecified atom stereocenters. The molecule has 0 atom stereocenters. The van der Waals surface area contributed by atoms with Gasteiger partial charge in [-0.25, -0.2) is 9.97 Å². The van der Waals surface area contributed by atoms with Crippen LogP contribution in [0.15, 0.2) is 0 Å². The molecule has 0 aromatic carbocycles. The zero-order chi connectivity index (χ0) is 12.5. The Morgan fingerprint density at radius 3 is 1.56 bits per heavy atom. The molecule has 0 radical (unpaired) electrons. The van der Waals surface area contributed by atoms with Crippen molar-refractivity contribution >= 4 is 11.6 Å². The SMILES string of the molecule is CC(C)c1nc(N(C)C)nc(C(C)C)c1N. The molecule has 16 heavy (non-hydrogen) atoms. The molecule has 4 heteroatoms. The van der Waals surface area contributed by atoms with Gasteiger partial charge < -0.3 is 10.6 Å². The lowest BCUT2D eigenvalue weighted by Gasteiger charge is -2.19. The van der Waals surface area contributed by atoms with Crippen LogP contribution in [-0.2, 0) is 0 Å². The van der Waals surface area contributed by atoms with Crippen molar-refractivity contribution in [1.29, 1.82) is 0 Å². The van der Waals surface area contributed by atoms with Crippen molar-refractivity contribution in [3.05, 3.63) is 11.4 Å². The van der Waals surface area contributed by atoms with Gasteiger partial charge in [-0.3, -0.25) is 0 Å². The maximum absolute atomic E-state index is 6.11. The number of hydrogen-bond donors (Lipinski definition) is 1. The van der Waals surface area contributed by atoms with Gasteiger partial charge in [-0.1, -0.05) is 27.7 Å². The van der Waals surface area contributed by atoms with Crippen molar-refractivity contribution in [1.82, 2.24) is 9.97 Å². The number of aromatic nitrogens is 2. The molecule has 0 spiro atoms. The first-order valence-corrected chi connectivity index (χ1v) is 5.69. The highest BCUT2D eigenvalue weighted by Gasteiger charge is 2.17. The summed E-state index contributed by atoms with van der Waals surface area (Å²) < 4.78 is 0. The number of nitrogen functional groups attached to an aromatic ring is 1. The van der Waals surface area contributed by atoms with E-state index in [2.05, 4.69) is 37.7 Å². The molecule has 4 nitrogen and oxygen atoms in total. The largest absolute Gasteiger partial charge is 0.396 e. The van der Waals surface area contributed by atoms with Crippen molar-refractivity contribution in [3.8, 4) is 0 Å². The van der Waals surface area contributed by atoms with Crippen molar-refractivity contribution in [2.75, 3.05) is 24.7 Å². The molecule has 1 aromatic rings. The third kappa shape index (κ3) is 2.43. The monoisotopic (exact) mass is 222 g/mol. The smallest absolute Gasteiger partial charge is 0.225 e. The fourth-order valence-corrected chi connectivity index (χ4v) is 1.57. The molecule has 0 amide bonds. The predicted octanol–water partition coefficient (Wildman–Crippen LogP) is 2.37. The van der Waals surface area contributed by atoms with Crippen molar-refractivity contribution < 1.29 is 0 Å². The highest BCUT2D eigenvalue weighted by Crippen LogP contribution is 2.28. The van der Waals surface area contributed by atoms with Gasteiger partial charge in [0, 0.05) is 14.1 Å². The molecule has 2 N–H and O–H groups in total. The fraction of sp³-hybridized carbons (Fsp3) is 0.667. The van der Waals surface area contributed by atoms with E-state index in [9.17, 15) is 0 Å². The Kier molecular flexibility index (Phi) is 3.73. The second-order valence-electron chi connectivity index (χ2n) is 4.91. The average Bonchev–Trinajstić information content (AvgIpc) is 2.16. The third-order valence-electron chi connectivity index (χ3n) is 2.49. The van der Waals surface area contributed by atoms with E-state index in [0.717, 1.165) is 23.0 Å². The Hall–Kier alpha value is -1.32. The van der Waals surface area contributed by atoms with E-state index in [-0.39, 0.29) is 0 Å². The first-order valence-electron chi connectivity index (χ1n) is 5.69. The van der Waals surface area contributed by atoms with Gasteiger partial charge in [0.15, 0.2) is 0 Å². The van der Waals surface area contributed by atoms with Gasteiger partial charge >= 0.3 is 0 Å². The maximum Gasteiger partial charge on any atom is 0.225 e. The van der Waals surface area contributed by atoms with Crippen LogP contribution < -0.4 is 10.6 Å². The van der Waals surface area contributed by atoms with Crippen molar-refractivity contribution in [2.24, 2.45) is 0 Å². The van der Waals surface area contributed by atoms with Crippen LogP contribution in [0.4, 0.5) is 11.6 Å². The topological polar surface area (TPSA) is 55.0 Å². The summed E-state index contributed by atoms with van der Waals surface area (Å²) in [7, 11) is 3.89. The van der Waals surface area contributed by atoms with Crippen LogP contribution in [0.3, 0.4) is 0 Å². The van der Waals surface area contributed by atoms with E-state index in [4.69, 9.17) is 5.73 Å². The van der Waals surface area contributed by atoms with Crippen LogP contribution in [0.5, 0.6) is 0 Å². The Labute approximate surface area is 97.9 Å². The summed E-state index contributed by atoms with van der Waals surface area (Å²) in [5.74, 6) is 1.37. The molecule has 1 rings (SSSR count). The Balaban J connectivity index is 3.39. The highest BCUT2D eigenvalue weighted by atomic mass is 15.2. The molecule has 0 aliphatic carbocycles. The van der Waals surface area contributed by atoms with Crippen LogP contribution in [0, 0.1) is 0 Å². The first kappa shape index (κ1) is 12.7. The highest BCUT2D eigenvalue weighted by molar-refractivity contribution is 5.53. The van der Waals surface area contributed by atoms with E-state index in [0.29, 0.717) is 11.8 Å². The van der Waals surface area contributed by atoms with Gasteiger partial charge in [0.2, 0.25) is 5.95 Å². The van der Waals surface area contributed by atoms with Crippen LogP contribution in [-0.4, -0.2) is 24.1 Å². The predicted molar refractivity (Wildman–Crippen MR) is 68.9 cm³/mol. The Morgan fingerprint density at radius 2 is 1.31 bits per heavy atom. The number of rotatable bonds is 3. The molecule has 1 heterocycles. The minimum Gasteiger partial charge on any atom is -0.396 e. The van der Waals surface area contributed by atoms with Gasteiger partial charge in [-0.05, 0) is 11.8 Å². The van der Waals surface area contributed by atoms with Crippen LogP contribution in [0.2, 0.25) is 0 Å². The minimum absolute atomic E-state index is 0.319. The molecular formula is C12H22N4. The van der Waals surface area contributed by atoms with E-state index < -0.39 is 0 Å². The molecule has 0 fully saturated rings. The molecule has 0 aliphatic rings. The van der Waals surface area contributed by atoms with E-state index in [1.807, 2.05) is 19.0 Å². The van der Waals surface area contributed by atoms with Gasteiger partial charge in [0.05, 0.1) is 17.1 Å². The lowest BCUT2D eigenvalue weighted by atomic mass is 10.0. The number of nitrogens with zero attached hydrogens (tertiary/aromatic N) is 3. The lowest BCUT2D eigenvalue weighted by Crippen LogP contribution is -2.17. The quantitative estimate of drug-likeness (QED) is 0.853. The molecular weight excluding hydrogens is 200 g/mol. The second-order valence-corrected chi connectivity index (χ2v) is 4.91. The molecule has 0 bridgehead atoms. The van der Waals surface area contributed by atoms with Crippen molar-refractivity contribution in [2.45, 2.75) is 39.5 Å². The lowest BCUT2D eigenvalue weighted by molar-refractivity contribution is 0.767. The van der Waals surface area contributed by atoms with Crippen molar-refractivity contribution in [3.63, 3.8) is 0 Å². The number of nitrogens with two attached hydrogens (primary N) is 1. The van der Waals surface area contributed by atoms with Gasteiger partial charge in [0.1, 0.15) is 0 Å². The summed E-state index contributed by atoms with van der Waals surface area (Å²) in [6, 6.07) is 0. The maximum atomic E-state index is 6.11. The summed E-state index contributed by atoms with van der Waals surface area (Å²) in [5.41, 5.74) is 8.75. The number of anilines is 2. The van der Waals surface area contributed by atoms with Gasteiger partial charge in [0.25, 0.3) is 0 Å². The third-order valence-corrected chi connectivity index (χ3v) is 2.49. The molecule has 90 valence electrons. The molecule has 0 saturated heterocycles. The van der Waals surface area contributed by atoms with E-state index in [1.165, 1.54) is 0 Å².